The predicted molar refractivity (Wildman–Crippen MR) is 78.1 cm³/mol. The Bertz CT molecular complexity index is 685. The molecule has 1 aliphatic carbocycles. The SMILES string of the molecule is Cc1cc(S(=O)(=O)NCC2(S(C)(=O)=O)CCCC2)sn1. The average molecular weight is 338 g/mol. The van der Waals surface area contributed by atoms with E-state index >= 15 is 0 Å². The molecular formula is C11H18N2O4S3. The molecule has 0 spiro atoms. The van der Waals surface area contributed by atoms with E-state index in [1.165, 1.54) is 12.3 Å². The highest BCUT2D eigenvalue weighted by molar-refractivity contribution is 7.92. The lowest BCUT2D eigenvalue weighted by atomic mass is 10.1. The molecule has 0 bridgehead atoms. The molecule has 1 saturated carbocycles. The number of sulfone groups is 1. The van der Waals surface area contributed by atoms with Gasteiger partial charge in [0.15, 0.2) is 14.0 Å². The second-order valence-corrected chi connectivity index (χ2v) is 10.5. The van der Waals surface area contributed by atoms with Gasteiger partial charge in [0.1, 0.15) is 0 Å². The monoisotopic (exact) mass is 338 g/mol. The quantitative estimate of drug-likeness (QED) is 0.867. The topological polar surface area (TPSA) is 93.2 Å². The van der Waals surface area contributed by atoms with Crippen LogP contribution < -0.4 is 4.72 Å². The maximum atomic E-state index is 12.1. The molecule has 0 unspecified atom stereocenters. The van der Waals surface area contributed by atoms with Crippen LogP contribution in [0.4, 0.5) is 0 Å². The third-order valence-electron chi connectivity index (χ3n) is 3.76. The first kappa shape index (κ1) is 15.9. The van der Waals surface area contributed by atoms with E-state index in [1.807, 2.05) is 0 Å². The summed E-state index contributed by atoms with van der Waals surface area (Å²) >= 11 is 0.895. The fourth-order valence-corrected chi connectivity index (χ4v) is 6.04. The molecule has 9 heteroatoms. The summed E-state index contributed by atoms with van der Waals surface area (Å²) < 4.78 is 53.7. The Morgan fingerprint density at radius 2 is 1.90 bits per heavy atom. The summed E-state index contributed by atoms with van der Waals surface area (Å²) in [4.78, 5) is 0. The average Bonchev–Trinajstić information content (AvgIpc) is 2.95. The predicted octanol–water partition coefficient (Wildman–Crippen LogP) is 1.09. The minimum Gasteiger partial charge on any atom is -0.228 e. The molecule has 1 aromatic rings. The van der Waals surface area contributed by atoms with E-state index in [0.717, 1.165) is 24.4 Å². The Morgan fingerprint density at radius 1 is 1.30 bits per heavy atom. The molecule has 114 valence electrons. The van der Waals surface area contributed by atoms with Crippen molar-refractivity contribution >= 4 is 31.4 Å². The van der Waals surface area contributed by atoms with Gasteiger partial charge in [0.05, 0.1) is 10.4 Å². The summed E-state index contributed by atoms with van der Waals surface area (Å²) in [6.45, 7) is 1.65. The molecule has 0 amide bonds. The van der Waals surface area contributed by atoms with Gasteiger partial charge in [-0.3, -0.25) is 0 Å². The molecule has 0 radical (unpaired) electrons. The summed E-state index contributed by atoms with van der Waals surface area (Å²) in [5.74, 6) is 0. The van der Waals surface area contributed by atoms with Crippen molar-refractivity contribution in [3.63, 3.8) is 0 Å². The number of sulfonamides is 1. The minimum atomic E-state index is -3.68. The maximum absolute atomic E-state index is 12.1. The van der Waals surface area contributed by atoms with Crippen molar-refractivity contribution in [1.29, 1.82) is 0 Å². The van der Waals surface area contributed by atoms with E-state index in [9.17, 15) is 16.8 Å². The molecule has 2 rings (SSSR count). The highest BCUT2D eigenvalue weighted by atomic mass is 32.2. The minimum absolute atomic E-state index is 0.0644. The lowest BCUT2D eigenvalue weighted by Gasteiger charge is -2.26. The Balaban J connectivity index is 2.19. The molecule has 20 heavy (non-hydrogen) atoms. The summed E-state index contributed by atoms with van der Waals surface area (Å²) in [5, 5.41) is 0. The van der Waals surface area contributed by atoms with Crippen molar-refractivity contribution in [2.24, 2.45) is 0 Å². The van der Waals surface area contributed by atoms with Crippen LogP contribution in [-0.4, -0.2) is 38.8 Å². The maximum Gasteiger partial charge on any atom is 0.251 e. The summed E-state index contributed by atoms with van der Waals surface area (Å²) in [6.07, 6.45) is 3.83. The van der Waals surface area contributed by atoms with Gasteiger partial charge in [0.25, 0.3) is 10.0 Å². The Kier molecular flexibility index (Phi) is 4.25. The summed E-state index contributed by atoms with van der Waals surface area (Å²) in [5.41, 5.74) is 0.633. The third kappa shape index (κ3) is 3.05. The van der Waals surface area contributed by atoms with Crippen LogP contribution >= 0.6 is 11.5 Å². The van der Waals surface area contributed by atoms with Gasteiger partial charge in [-0.2, -0.15) is 4.37 Å². The van der Waals surface area contributed by atoms with Gasteiger partial charge in [0, 0.05) is 12.8 Å². The van der Waals surface area contributed by atoms with E-state index < -0.39 is 24.6 Å². The number of hydrogen-bond donors (Lipinski definition) is 1. The van der Waals surface area contributed by atoms with Crippen molar-refractivity contribution in [3.8, 4) is 0 Å². The molecule has 1 N–H and O–H groups in total. The van der Waals surface area contributed by atoms with Crippen LogP contribution in [0.1, 0.15) is 31.4 Å². The van der Waals surface area contributed by atoms with Crippen LogP contribution in [0, 0.1) is 6.92 Å². The van der Waals surface area contributed by atoms with Crippen molar-refractivity contribution in [2.45, 2.75) is 41.6 Å². The molecule has 1 fully saturated rings. The van der Waals surface area contributed by atoms with Crippen molar-refractivity contribution < 1.29 is 16.8 Å². The fraction of sp³-hybridized carbons (Fsp3) is 0.727. The van der Waals surface area contributed by atoms with Crippen LogP contribution in [0.25, 0.3) is 0 Å². The summed E-state index contributed by atoms with van der Waals surface area (Å²) in [6, 6.07) is 1.48. The van der Waals surface area contributed by atoms with Gasteiger partial charge >= 0.3 is 0 Å². The standard InChI is InChI=1S/C11H18N2O4S3/c1-9-7-10(18-13-9)20(16,17)12-8-11(19(2,14)15)5-3-4-6-11/h7,12H,3-6,8H2,1-2H3. The van der Waals surface area contributed by atoms with Gasteiger partial charge in [-0.1, -0.05) is 12.8 Å². The molecule has 6 nitrogen and oxygen atoms in total. The van der Waals surface area contributed by atoms with Crippen molar-refractivity contribution in [3.05, 3.63) is 11.8 Å². The number of aryl methyl sites for hydroxylation is 1. The van der Waals surface area contributed by atoms with Gasteiger partial charge in [0.2, 0.25) is 0 Å². The van der Waals surface area contributed by atoms with Gasteiger partial charge in [-0.05, 0) is 37.4 Å². The molecular weight excluding hydrogens is 320 g/mol. The third-order valence-corrected chi connectivity index (χ3v) is 8.61. The van der Waals surface area contributed by atoms with E-state index in [0.29, 0.717) is 18.5 Å². The second kappa shape index (κ2) is 5.36. The molecule has 1 heterocycles. The lowest BCUT2D eigenvalue weighted by Crippen LogP contribution is -2.46. The lowest BCUT2D eigenvalue weighted by molar-refractivity contribution is 0.503. The Labute approximate surface area is 123 Å². The molecule has 0 aliphatic heterocycles. The number of aromatic nitrogens is 1. The van der Waals surface area contributed by atoms with E-state index in [2.05, 4.69) is 9.10 Å². The van der Waals surface area contributed by atoms with Crippen LogP contribution in [-0.2, 0) is 19.9 Å². The van der Waals surface area contributed by atoms with Gasteiger partial charge in [-0.15, -0.1) is 0 Å². The smallest absolute Gasteiger partial charge is 0.228 e. The number of rotatable bonds is 5. The summed E-state index contributed by atoms with van der Waals surface area (Å²) in [7, 11) is -6.99. The van der Waals surface area contributed by atoms with Crippen LogP contribution in [0.5, 0.6) is 0 Å². The first-order chi connectivity index (χ1) is 9.16. The Hall–Kier alpha value is -0.510. The molecule has 0 saturated heterocycles. The van der Waals surface area contributed by atoms with Crippen molar-refractivity contribution in [1.82, 2.24) is 9.10 Å². The first-order valence-corrected chi connectivity index (χ1v) is 10.4. The fourth-order valence-electron chi connectivity index (χ4n) is 2.46. The van der Waals surface area contributed by atoms with E-state index in [-0.39, 0.29) is 10.8 Å². The Morgan fingerprint density at radius 3 is 2.35 bits per heavy atom. The molecule has 0 aromatic carbocycles. The van der Waals surface area contributed by atoms with E-state index in [4.69, 9.17) is 0 Å². The molecule has 0 atom stereocenters. The number of nitrogens with zero attached hydrogens (tertiary/aromatic N) is 1. The van der Waals surface area contributed by atoms with Crippen molar-refractivity contribution in [2.75, 3.05) is 12.8 Å². The highest BCUT2D eigenvalue weighted by Gasteiger charge is 2.44. The number of hydrogen-bond acceptors (Lipinski definition) is 6. The van der Waals surface area contributed by atoms with Gasteiger partial charge in [-0.25, -0.2) is 21.6 Å². The normalized spacial score (nSPS) is 19.3. The van der Waals surface area contributed by atoms with Crippen LogP contribution in [0.3, 0.4) is 0 Å². The zero-order valence-corrected chi connectivity index (χ0v) is 13.9. The second-order valence-electron chi connectivity index (χ2n) is 5.27. The van der Waals surface area contributed by atoms with Crippen LogP contribution in [0.2, 0.25) is 0 Å². The first-order valence-electron chi connectivity index (χ1n) is 6.29. The zero-order valence-electron chi connectivity index (χ0n) is 11.4. The zero-order chi connectivity index (χ0) is 15.0. The van der Waals surface area contributed by atoms with Crippen LogP contribution in [0.15, 0.2) is 10.3 Å². The van der Waals surface area contributed by atoms with Gasteiger partial charge < -0.3 is 0 Å². The molecule has 1 aliphatic rings. The highest BCUT2D eigenvalue weighted by Crippen LogP contribution is 2.36. The van der Waals surface area contributed by atoms with E-state index in [1.54, 1.807) is 6.92 Å². The number of nitrogens with one attached hydrogen (secondary N) is 1. The largest absolute Gasteiger partial charge is 0.251 e. The molecule has 1 aromatic heterocycles.